The first-order valence-electron chi connectivity index (χ1n) is 11.4. The van der Waals surface area contributed by atoms with Crippen LogP contribution < -0.4 is 14.9 Å². The fourth-order valence-corrected chi connectivity index (χ4v) is 4.59. The Bertz CT molecular complexity index is 1480. The number of morpholine rings is 1. The van der Waals surface area contributed by atoms with E-state index in [1.54, 1.807) is 18.2 Å². The summed E-state index contributed by atoms with van der Waals surface area (Å²) in [6, 6.07) is 15.1. The minimum atomic E-state index is -3.40. The van der Waals surface area contributed by atoms with Crippen molar-refractivity contribution in [1.29, 1.82) is 0 Å². The van der Waals surface area contributed by atoms with Gasteiger partial charge in [-0.25, -0.2) is 18.4 Å². The summed E-state index contributed by atoms with van der Waals surface area (Å²) in [7, 11) is -1.57. The average Bonchev–Trinajstić information content (AvgIpc) is 3.16. The minimum Gasteiger partial charge on any atom is -0.378 e. The molecule has 1 fully saturated rings. The molecule has 4 aromatic rings. The third-order valence-corrected chi connectivity index (χ3v) is 6.22. The van der Waals surface area contributed by atoms with Gasteiger partial charge < -0.3 is 19.5 Å². The van der Waals surface area contributed by atoms with Crippen LogP contribution >= 0.6 is 0 Å². The lowest BCUT2D eigenvalue weighted by molar-refractivity contribution is 0.122. The summed E-state index contributed by atoms with van der Waals surface area (Å²) in [6.07, 6.45) is 3.09. The molecule has 0 aliphatic carbocycles. The first-order valence-corrected chi connectivity index (χ1v) is 12.8. The molecule has 0 bridgehead atoms. The second-order valence-electron chi connectivity index (χ2n) is 8.24. The third-order valence-electron chi connectivity index (χ3n) is 5.62. The highest BCUT2D eigenvalue weighted by Crippen LogP contribution is 2.31. The van der Waals surface area contributed by atoms with Crippen LogP contribution in [0.3, 0.4) is 0 Å². The van der Waals surface area contributed by atoms with Crippen molar-refractivity contribution < 1.29 is 14.5 Å². The molecule has 0 atom stereocenters. The second kappa shape index (κ2) is 8.96. The SMILES string of the molecule is [2H]c1nc(Nc2ccc(N3CCOCC3)cc2)nc2c(-c3cccc(NS(C)(=O)=O)c3)cn(C)c12. The van der Waals surface area contributed by atoms with Gasteiger partial charge in [0.2, 0.25) is 16.0 Å². The van der Waals surface area contributed by atoms with Gasteiger partial charge >= 0.3 is 0 Å². The lowest BCUT2D eigenvalue weighted by atomic mass is 10.1. The minimum absolute atomic E-state index is 0.0987. The lowest BCUT2D eigenvalue weighted by Gasteiger charge is -2.28. The summed E-state index contributed by atoms with van der Waals surface area (Å²) in [5.41, 5.74) is 5.17. The molecule has 0 radical (unpaired) electrons. The molecule has 3 heterocycles. The molecule has 0 spiro atoms. The van der Waals surface area contributed by atoms with E-state index in [0.29, 0.717) is 22.7 Å². The number of aromatic nitrogens is 3. The molecule has 10 heteroatoms. The molecule has 0 unspecified atom stereocenters. The fraction of sp³-hybridized carbons (Fsp3) is 0.250. The van der Waals surface area contributed by atoms with Gasteiger partial charge in [-0.3, -0.25) is 4.72 Å². The highest BCUT2D eigenvalue weighted by molar-refractivity contribution is 7.92. The zero-order chi connectivity index (χ0) is 24.6. The molecule has 5 rings (SSSR count). The Kier molecular flexibility index (Phi) is 5.52. The van der Waals surface area contributed by atoms with Gasteiger partial charge in [0.1, 0.15) is 5.52 Å². The fourth-order valence-electron chi connectivity index (χ4n) is 4.03. The first kappa shape index (κ1) is 20.9. The number of sulfonamides is 1. The van der Waals surface area contributed by atoms with Crippen LogP contribution in [0.15, 0.2) is 60.9 Å². The zero-order valence-corrected chi connectivity index (χ0v) is 19.8. The monoisotopic (exact) mass is 479 g/mol. The van der Waals surface area contributed by atoms with E-state index in [4.69, 9.17) is 11.1 Å². The van der Waals surface area contributed by atoms with Crippen molar-refractivity contribution in [1.82, 2.24) is 14.5 Å². The largest absolute Gasteiger partial charge is 0.378 e. The second-order valence-corrected chi connectivity index (χ2v) is 9.98. The molecular weight excluding hydrogens is 452 g/mol. The number of nitrogens with zero attached hydrogens (tertiary/aromatic N) is 4. The van der Waals surface area contributed by atoms with Crippen LogP contribution in [0.1, 0.15) is 1.37 Å². The molecule has 0 amide bonds. The normalized spacial score (nSPS) is 14.8. The summed E-state index contributed by atoms with van der Waals surface area (Å²) in [5.74, 6) is 0.319. The van der Waals surface area contributed by atoms with Crippen LogP contribution in [0.4, 0.5) is 23.0 Å². The van der Waals surface area contributed by atoms with E-state index in [-0.39, 0.29) is 6.17 Å². The standard InChI is InChI=1S/C24H26N6O3S/c1-29-16-21(17-4-3-5-19(14-17)28-34(2,31)32)23-22(29)15-25-24(27-23)26-18-6-8-20(9-7-18)30-10-12-33-13-11-30/h3-9,14-16,28H,10-13H2,1-2H3,(H,25,26,27)/i15D. The highest BCUT2D eigenvalue weighted by atomic mass is 32.2. The molecule has 1 saturated heterocycles. The van der Waals surface area contributed by atoms with Crippen LogP contribution in [0.25, 0.3) is 22.2 Å². The van der Waals surface area contributed by atoms with Gasteiger partial charge in [0, 0.05) is 49.0 Å². The molecule has 9 nitrogen and oxygen atoms in total. The van der Waals surface area contributed by atoms with Crippen molar-refractivity contribution in [3.05, 3.63) is 60.9 Å². The maximum Gasteiger partial charge on any atom is 0.229 e. The number of ether oxygens (including phenoxy) is 1. The summed E-state index contributed by atoms with van der Waals surface area (Å²) in [6.45, 7) is 3.19. The van der Waals surface area contributed by atoms with Gasteiger partial charge in [-0.2, -0.15) is 0 Å². The van der Waals surface area contributed by atoms with E-state index in [1.165, 1.54) is 0 Å². The Hall–Kier alpha value is -3.63. The number of nitrogens with one attached hydrogen (secondary N) is 2. The van der Waals surface area contributed by atoms with Crippen molar-refractivity contribution in [2.75, 3.05) is 47.5 Å². The maximum atomic E-state index is 11.7. The first-order chi connectivity index (χ1) is 16.8. The van der Waals surface area contributed by atoms with Crippen LogP contribution in [-0.4, -0.2) is 55.5 Å². The van der Waals surface area contributed by atoms with Gasteiger partial charge in [0.15, 0.2) is 0 Å². The summed E-state index contributed by atoms with van der Waals surface area (Å²) in [4.78, 5) is 11.3. The molecule has 0 saturated carbocycles. The summed E-state index contributed by atoms with van der Waals surface area (Å²) in [5, 5.41) is 3.21. The number of hydrogen-bond acceptors (Lipinski definition) is 7. The number of aryl methyl sites for hydroxylation is 1. The van der Waals surface area contributed by atoms with E-state index >= 15 is 0 Å². The quantitative estimate of drug-likeness (QED) is 0.436. The Labute approximate surface area is 199 Å². The average molecular weight is 480 g/mol. The third kappa shape index (κ3) is 4.82. The van der Waals surface area contributed by atoms with Crippen molar-refractivity contribution in [2.45, 2.75) is 0 Å². The van der Waals surface area contributed by atoms with Gasteiger partial charge in [-0.05, 0) is 42.0 Å². The predicted molar refractivity (Wildman–Crippen MR) is 135 cm³/mol. The van der Waals surface area contributed by atoms with Crippen LogP contribution in [-0.2, 0) is 21.8 Å². The molecular formula is C24H26N6O3S. The molecule has 2 aromatic heterocycles. The smallest absolute Gasteiger partial charge is 0.229 e. The number of fused-ring (bicyclic) bond motifs is 1. The highest BCUT2D eigenvalue weighted by Gasteiger charge is 2.14. The number of benzene rings is 2. The lowest BCUT2D eigenvalue weighted by Crippen LogP contribution is -2.36. The number of rotatable bonds is 6. The van der Waals surface area contributed by atoms with Crippen molar-refractivity contribution >= 4 is 44.1 Å². The summed E-state index contributed by atoms with van der Waals surface area (Å²) < 4.78 is 41.6. The Morgan fingerprint density at radius 1 is 1.09 bits per heavy atom. The molecule has 34 heavy (non-hydrogen) atoms. The van der Waals surface area contributed by atoms with E-state index < -0.39 is 10.0 Å². The topological polar surface area (TPSA) is 101 Å². The van der Waals surface area contributed by atoms with Gasteiger partial charge in [-0.15, -0.1) is 0 Å². The Morgan fingerprint density at radius 3 is 2.59 bits per heavy atom. The van der Waals surface area contributed by atoms with Crippen LogP contribution in [0, 0.1) is 0 Å². The van der Waals surface area contributed by atoms with Crippen molar-refractivity contribution in [3.63, 3.8) is 0 Å². The van der Waals surface area contributed by atoms with Crippen molar-refractivity contribution in [2.24, 2.45) is 7.05 Å². The number of hydrogen-bond donors (Lipinski definition) is 2. The molecule has 2 N–H and O–H groups in total. The van der Waals surface area contributed by atoms with Crippen molar-refractivity contribution in [3.8, 4) is 11.1 Å². The van der Waals surface area contributed by atoms with Gasteiger partial charge in [0.25, 0.3) is 0 Å². The van der Waals surface area contributed by atoms with E-state index in [2.05, 4.69) is 19.9 Å². The Morgan fingerprint density at radius 2 is 1.85 bits per heavy atom. The van der Waals surface area contributed by atoms with Gasteiger partial charge in [-0.1, -0.05) is 12.1 Å². The maximum absolute atomic E-state index is 11.7. The van der Waals surface area contributed by atoms with E-state index in [0.717, 1.165) is 55.1 Å². The van der Waals surface area contributed by atoms with Gasteiger partial charge in [0.05, 0.1) is 32.5 Å². The molecule has 2 aromatic carbocycles. The van der Waals surface area contributed by atoms with E-state index in [1.807, 2.05) is 48.1 Å². The molecule has 1 aliphatic heterocycles. The number of anilines is 4. The molecule has 176 valence electrons. The Balaban J connectivity index is 1.46. The summed E-state index contributed by atoms with van der Waals surface area (Å²) >= 11 is 0. The predicted octanol–water partition coefficient (Wildman–Crippen LogP) is 3.59. The van der Waals surface area contributed by atoms with Crippen LogP contribution in [0.5, 0.6) is 0 Å². The zero-order valence-electron chi connectivity index (χ0n) is 19.9. The molecule has 1 aliphatic rings. The van der Waals surface area contributed by atoms with Crippen LogP contribution in [0.2, 0.25) is 0 Å². The van der Waals surface area contributed by atoms with E-state index in [9.17, 15) is 8.42 Å².